The van der Waals surface area contributed by atoms with Gasteiger partial charge in [-0.05, 0) is 35.9 Å². The minimum absolute atomic E-state index is 0.217. The van der Waals surface area contributed by atoms with E-state index in [1.807, 2.05) is 24.3 Å². The van der Waals surface area contributed by atoms with Crippen LogP contribution in [0, 0.1) is 0 Å². The molecule has 1 aromatic carbocycles. The summed E-state index contributed by atoms with van der Waals surface area (Å²) >= 11 is 0. The number of nitrogens with one attached hydrogen (secondary N) is 2. The largest absolute Gasteiger partial charge is 0.454 e. The number of hydrogen-bond acceptors (Lipinski definition) is 5. The van der Waals surface area contributed by atoms with Crippen molar-refractivity contribution < 1.29 is 14.3 Å². The van der Waals surface area contributed by atoms with Gasteiger partial charge in [-0.15, -0.1) is 0 Å². The molecule has 1 fully saturated rings. The van der Waals surface area contributed by atoms with Crippen molar-refractivity contribution >= 4 is 23.8 Å². The first-order chi connectivity index (χ1) is 11.3. The summed E-state index contributed by atoms with van der Waals surface area (Å²) in [4.78, 5) is 20.3. The molecule has 7 nitrogen and oxygen atoms in total. The van der Waals surface area contributed by atoms with E-state index in [0.29, 0.717) is 29.0 Å². The summed E-state index contributed by atoms with van der Waals surface area (Å²) in [5.41, 5.74) is 1.23. The Balaban J connectivity index is 1.58. The number of aliphatic imine (C=N–C) groups is 1. The lowest BCUT2D eigenvalue weighted by Crippen LogP contribution is -2.24. The van der Waals surface area contributed by atoms with E-state index in [1.54, 1.807) is 24.4 Å². The van der Waals surface area contributed by atoms with Crippen LogP contribution >= 0.6 is 0 Å². The molecule has 23 heavy (non-hydrogen) atoms. The van der Waals surface area contributed by atoms with Crippen LogP contribution in [0.1, 0.15) is 5.56 Å². The Kier molecular flexibility index (Phi) is 3.16. The highest BCUT2D eigenvalue weighted by molar-refractivity contribution is 6.15. The molecule has 0 radical (unpaired) electrons. The Morgan fingerprint density at radius 1 is 1.13 bits per heavy atom. The molecule has 2 N–H and O–H groups in total. The Hall–Kier alpha value is -3.35. The van der Waals surface area contributed by atoms with Crippen LogP contribution in [0.2, 0.25) is 0 Å². The second-order valence-electron chi connectivity index (χ2n) is 4.90. The van der Waals surface area contributed by atoms with Gasteiger partial charge in [0.05, 0.1) is 0 Å². The van der Waals surface area contributed by atoms with E-state index in [9.17, 15) is 4.79 Å². The van der Waals surface area contributed by atoms with Gasteiger partial charge in [0.25, 0.3) is 5.91 Å². The van der Waals surface area contributed by atoms with Crippen LogP contribution in [0.5, 0.6) is 11.5 Å². The Labute approximate surface area is 131 Å². The summed E-state index contributed by atoms with van der Waals surface area (Å²) in [5, 5.41) is 5.60. The number of fused-ring (bicyclic) bond motifs is 1. The zero-order chi connectivity index (χ0) is 15.6. The van der Waals surface area contributed by atoms with E-state index in [2.05, 4.69) is 20.6 Å². The van der Waals surface area contributed by atoms with Crippen molar-refractivity contribution in [3.63, 3.8) is 0 Å². The van der Waals surface area contributed by atoms with Gasteiger partial charge >= 0.3 is 0 Å². The summed E-state index contributed by atoms with van der Waals surface area (Å²) in [5.74, 6) is 1.98. The van der Waals surface area contributed by atoms with E-state index >= 15 is 0 Å². The number of guanidine groups is 1. The van der Waals surface area contributed by atoms with Crippen LogP contribution in [0.25, 0.3) is 6.08 Å². The maximum absolute atomic E-state index is 12.0. The lowest BCUT2D eigenvalue weighted by molar-refractivity contribution is -0.115. The van der Waals surface area contributed by atoms with Crippen molar-refractivity contribution in [3.8, 4) is 11.5 Å². The van der Waals surface area contributed by atoms with E-state index in [0.717, 1.165) is 5.56 Å². The molecule has 1 saturated heterocycles. The minimum Gasteiger partial charge on any atom is -0.454 e. The van der Waals surface area contributed by atoms with Crippen LogP contribution in [-0.2, 0) is 4.79 Å². The number of nitrogens with zero attached hydrogens (tertiary/aromatic N) is 2. The fourth-order valence-corrected chi connectivity index (χ4v) is 2.25. The molecule has 0 atom stereocenters. The molecule has 4 rings (SSSR count). The van der Waals surface area contributed by atoms with Crippen molar-refractivity contribution in [1.82, 2.24) is 15.6 Å². The lowest BCUT2D eigenvalue weighted by Gasteiger charge is -1.99. The van der Waals surface area contributed by atoms with Gasteiger partial charge in [-0.25, -0.2) is 4.98 Å². The maximum Gasteiger partial charge on any atom is 0.274 e. The van der Waals surface area contributed by atoms with E-state index in [1.165, 1.54) is 0 Å². The second-order valence-corrected chi connectivity index (χ2v) is 4.90. The SMILES string of the molecule is O=C1N/C(=N\c2ccccn2)N/C1=C\c1ccc2c(c1)OCO2. The van der Waals surface area contributed by atoms with Gasteiger partial charge < -0.3 is 14.8 Å². The topological polar surface area (TPSA) is 84.8 Å². The van der Waals surface area contributed by atoms with Crippen molar-refractivity contribution in [1.29, 1.82) is 0 Å². The van der Waals surface area contributed by atoms with Crippen molar-refractivity contribution in [3.05, 3.63) is 53.9 Å². The first-order valence-electron chi connectivity index (χ1n) is 6.97. The van der Waals surface area contributed by atoms with E-state index < -0.39 is 0 Å². The highest BCUT2D eigenvalue weighted by atomic mass is 16.7. The van der Waals surface area contributed by atoms with Gasteiger partial charge in [0.15, 0.2) is 17.3 Å². The Morgan fingerprint density at radius 3 is 2.91 bits per heavy atom. The summed E-state index contributed by atoms with van der Waals surface area (Å²) in [6.07, 6.45) is 3.36. The van der Waals surface area contributed by atoms with Crippen LogP contribution in [0.3, 0.4) is 0 Å². The monoisotopic (exact) mass is 308 g/mol. The number of aromatic nitrogens is 1. The summed E-state index contributed by atoms with van der Waals surface area (Å²) in [7, 11) is 0. The molecule has 0 saturated carbocycles. The van der Waals surface area contributed by atoms with Gasteiger partial charge in [0.1, 0.15) is 5.70 Å². The minimum atomic E-state index is -0.252. The number of amides is 1. The maximum atomic E-state index is 12.0. The van der Waals surface area contributed by atoms with Gasteiger partial charge in [0, 0.05) is 6.20 Å². The zero-order valence-electron chi connectivity index (χ0n) is 11.9. The van der Waals surface area contributed by atoms with E-state index in [-0.39, 0.29) is 12.7 Å². The molecule has 2 aromatic rings. The zero-order valence-corrected chi connectivity index (χ0v) is 11.9. The molecule has 0 spiro atoms. The summed E-state index contributed by atoms with van der Waals surface area (Å²) < 4.78 is 10.6. The predicted octanol–water partition coefficient (Wildman–Crippen LogP) is 1.56. The quantitative estimate of drug-likeness (QED) is 0.822. The summed E-state index contributed by atoms with van der Waals surface area (Å²) in [6.45, 7) is 0.217. The average molecular weight is 308 g/mol. The number of ether oxygens (including phenoxy) is 2. The number of pyridine rings is 1. The fourth-order valence-electron chi connectivity index (χ4n) is 2.25. The van der Waals surface area contributed by atoms with Crippen LogP contribution in [0.4, 0.5) is 5.82 Å². The van der Waals surface area contributed by atoms with Crippen molar-refractivity contribution in [2.24, 2.45) is 4.99 Å². The van der Waals surface area contributed by atoms with Crippen LogP contribution < -0.4 is 20.1 Å². The number of rotatable bonds is 2. The normalized spacial score (nSPS) is 19.0. The first-order valence-corrected chi connectivity index (χ1v) is 6.97. The molecule has 3 heterocycles. The smallest absolute Gasteiger partial charge is 0.274 e. The van der Waals surface area contributed by atoms with Crippen molar-refractivity contribution in [2.45, 2.75) is 0 Å². The van der Waals surface area contributed by atoms with Gasteiger partial charge in [-0.1, -0.05) is 12.1 Å². The predicted molar refractivity (Wildman–Crippen MR) is 83.2 cm³/mol. The molecule has 1 amide bonds. The fraction of sp³-hybridized carbons (Fsp3) is 0.0625. The van der Waals surface area contributed by atoms with Gasteiger partial charge in [0.2, 0.25) is 12.8 Å². The molecular formula is C16H12N4O3. The lowest BCUT2D eigenvalue weighted by atomic mass is 10.1. The number of benzene rings is 1. The Morgan fingerprint density at radius 2 is 2.04 bits per heavy atom. The number of carbonyl (C=O) groups is 1. The van der Waals surface area contributed by atoms with Crippen molar-refractivity contribution in [2.75, 3.05) is 6.79 Å². The molecule has 0 unspecified atom stereocenters. The third kappa shape index (κ3) is 2.71. The third-order valence-electron chi connectivity index (χ3n) is 3.31. The second kappa shape index (κ2) is 5.45. The van der Waals surface area contributed by atoms with Crippen LogP contribution in [0.15, 0.2) is 53.3 Å². The highest BCUT2D eigenvalue weighted by Crippen LogP contribution is 2.33. The summed E-state index contributed by atoms with van der Waals surface area (Å²) in [6, 6.07) is 10.9. The van der Waals surface area contributed by atoms with Gasteiger partial charge in [-0.3, -0.25) is 10.1 Å². The highest BCUT2D eigenvalue weighted by Gasteiger charge is 2.22. The molecule has 7 heteroatoms. The third-order valence-corrected chi connectivity index (χ3v) is 3.31. The van der Waals surface area contributed by atoms with E-state index in [4.69, 9.17) is 9.47 Å². The van der Waals surface area contributed by atoms with Crippen LogP contribution in [-0.4, -0.2) is 23.6 Å². The molecule has 0 bridgehead atoms. The molecule has 0 aliphatic carbocycles. The first kappa shape index (κ1) is 13.3. The Bertz CT molecular complexity index is 830. The molecule has 1 aromatic heterocycles. The number of hydrogen-bond donors (Lipinski definition) is 2. The molecular weight excluding hydrogens is 296 g/mol. The molecule has 114 valence electrons. The average Bonchev–Trinajstić information content (AvgIpc) is 3.15. The van der Waals surface area contributed by atoms with Gasteiger partial charge in [-0.2, -0.15) is 4.99 Å². The standard InChI is InChI=1S/C16H12N4O3/c21-15-11(7-10-4-5-12-13(8-10)23-9-22-12)18-16(20-15)19-14-3-1-2-6-17-14/h1-8H,9H2,(H2,17,18,19,20,21)/b11-7-. The molecule has 2 aliphatic heterocycles. The number of carbonyl (C=O) groups excluding carboxylic acids is 1. The molecule has 2 aliphatic rings.